The van der Waals surface area contributed by atoms with Gasteiger partial charge in [0, 0.05) is 10.0 Å². The SMILES string of the molecule is COc1c(Br)cc(Br)cc1C(=O)Nc1ccccc1-c1nn2c(C)nnc2s1. The smallest absolute Gasteiger partial charge is 0.259 e. The minimum absolute atomic E-state index is 0.287. The van der Waals surface area contributed by atoms with Gasteiger partial charge in [0.25, 0.3) is 5.91 Å². The van der Waals surface area contributed by atoms with Crippen LogP contribution in [0.2, 0.25) is 0 Å². The maximum absolute atomic E-state index is 13.0. The van der Waals surface area contributed by atoms with Crippen LogP contribution in [0.1, 0.15) is 16.2 Å². The van der Waals surface area contributed by atoms with Gasteiger partial charge < -0.3 is 10.1 Å². The highest BCUT2D eigenvalue weighted by atomic mass is 79.9. The van der Waals surface area contributed by atoms with Crippen LogP contribution < -0.4 is 10.1 Å². The third kappa shape index (κ3) is 3.43. The average Bonchev–Trinajstić information content (AvgIpc) is 3.24. The van der Waals surface area contributed by atoms with Crippen molar-refractivity contribution < 1.29 is 9.53 Å². The number of fused-ring (bicyclic) bond motifs is 1. The van der Waals surface area contributed by atoms with Crippen LogP contribution in [0.4, 0.5) is 5.69 Å². The van der Waals surface area contributed by atoms with Crippen LogP contribution in [0.5, 0.6) is 5.75 Å². The highest BCUT2D eigenvalue weighted by Gasteiger charge is 2.19. The van der Waals surface area contributed by atoms with E-state index in [1.165, 1.54) is 18.4 Å². The number of aryl methyl sites for hydroxylation is 1. The molecule has 0 aliphatic rings. The number of halogens is 2. The van der Waals surface area contributed by atoms with Gasteiger partial charge in [-0.3, -0.25) is 4.79 Å². The largest absolute Gasteiger partial charge is 0.495 e. The molecule has 0 unspecified atom stereocenters. The quantitative estimate of drug-likeness (QED) is 0.410. The molecular weight excluding hydrogens is 510 g/mol. The van der Waals surface area contributed by atoms with Crippen molar-refractivity contribution in [3.05, 3.63) is 56.7 Å². The van der Waals surface area contributed by atoms with Gasteiger partial charge in [0.15, 0.2) is 5.82 Å². The fourth-order valence-electron chi connectivity index (χ4n) is 2.73. The monoisotopic (exact) mass is 521 g/mol. The lowest BCUT2D eigenvalue weighted by atomic mass is 10.1. The molecule has 0 saturated heterocycles. The molecule has 4 aromatic rings. The summed E-state index contributed by atoms with van der Waals surface area (Å²) >= 11 is 8.25. The summed E-state index contributed by atoms with van der Waals surface area (Å²) in [4.78, 5) is 13.7. The van der Waals surface area contributed by atoms with E-state index in [9.17, 15) is 4.79 Å². The van der Waals surface area contributed by atoms with Gasteiger partial charge in [0.05, 0.1) is 22.8 Å². The molecule has 1 N–H and O–H groups in total. The lowest BCUT2D eigenvalue weighted by Crippen LogP contribution is -2.14. The van der Waals surface area contributed by atoms with Crippen molar-refractivity contribution in [1.29, 1.82) is 0 Å². The minimum atomic E-state index is -0.287. The molecule has 0 atom stereocenters. The molecular formula is C18H13Br2N5O2S. The van der Waals surface area contributed by atoms with E-state index >= 15 is 0 Å². The number of anilines is 1. The fourth-order valence-corrected chi connectivity index (χ4v) is 5.04. The number of aromatic nitrogens is 4. The summed E-state index contributed by atoms with van der Waals surface area (Å²) in [5, 5.41) is 16.4. The number of hydrogen-bond donors (Lipinski definition) is 1. The Morgan fingerprint density at radius 3 is 2.75 bits per heavy atom. The van der Waals surface area contributed by atoms with Gasteiger partial charge in [-0.25, -0.2) is 0 Å². The Morgan fingerprint density at radius 2 is 2.00 bits per heavy atom. The highest BCUT2D eigenvalue weighted by molar-refractivity contribution is 9.11. The molecule has 7 nitrogen and oxygen atoms in total. The second-order valence-corrected chi connectivity index (χ2v) is 8.54. The van der Waals surface area contributed by atoms with E-state index in [2.05, 4.69) is 52.5 Å². The maximum atomic E-state index is 13.0. The van der Waals surface area contributed by atoms with Gasteiger partial charge in [-0.2, -0.15) is 9.61 Å². The van der Waals surface area contributed by atoms with E-state index in [1.807, 2.05) is 37.3 Å². The van der Waals surface area contributed by atoms with Gasteiger partial charge in [-0.15, -0.1) is 10.2 Å². The normalized spacial score (nSPS) is 11.0. The van der Waals surface area contributed by atoms with E-state index < -0.39 is 0 Å². The highest BCUT2D eigenvalue weighted by Crippen LogP contribution is 2.35. The Hall–Kier alpha value is -2.30. The molecule has 0 bridgehead atoms. The van der Waals surface area contributed by atoms with Crippen LogP contribution in [-0.2, 0) is 0 Å². The average molecular weight is 523 g/mol. The molecule has 142 valence electrons. The number of carbonyl (C=O) groups excluding carboxylic acids is 1. The van der Waals surface area contributed by atoms with Crippen molar-refractivity contribution in [3.8, 4) is 16.3 Å². The van der Waals surface area contributed by atoms with Crippen LogP contribution >= 0.6 is 43.2 Å². The number of methoxy groups -OCH3 is 1. The number of nitrogens with zero attached hydrogens (tertiary/aromatic N) is 4. The molecule has 0 saturated carbocycles. The van der Waals surface area contributed by atoms with Crippen molar-refractivity contribution in [3.63, 3.8) is 0 Å². The van der Waals surface area contributed by atoms with Crippen LogP contribution in [0.3, 0.4) is 0 Å². The topological polar surface area (TPSA) is 81.4 Å². The van der Waals surface area contributed by atoms with Gasteiger partial charge >= 0.3 is 0 Å². The van der Waals surface area contributed by atoms with Crippen molar-refractivity contribution in [2.75, 3.05) is 12.4 Å². The second kappa shape index (κ2) is 7.61. The molecule has 10 heteroatoms. The van der Waals surface area contributed by atoms with Gasteiger partial charge in [0.2, 0.25) is 4.96 Å². The lowest BCUT2D eigenvalue weighted by molar-refractivity contribution is 0.102. The zero-order valence-corrected chi connectivity index (χ0v) is 18.7. The molecule has 0 aliphatic heterocycles. The number of para-hydroxylation sites is 1. The van der Waals surface area contributed by atoms with Gasteiger partial charge in [0.1, 0.15) is 10.8 Å². The second-order valence-electron chi connectivity index (χ2n) is 5.82. The predicted molar refractivity (Wildman–Crippen MR) is 115 cm³/mol. The van der Waals surface area contributed by atoms with Crippen LogP contribution in [-0.4, -0.2) is 32.8 Å². The van der Waals surface area contributed by atoms with E-state index in [4.69, 9.17) is 4.74 Å². The van der Waals surface area contributed by atoms with Crippen molar-refractivity contribution >= 4 is 59.8 Å². The number of nitrogens with one attached hydrogen (secondary N) is 1. The summed E-state index contributed by atoms with van der Waals surface area (Å²) in [7, 11) is 1.53. The number of benzene rings is 2. The summed E-state index contributed by atoms with van der Waals surface area (Å²) in [5.74, 6) is 0.890. The summed E-state index contributed by atoms with van der Waals surface area (Å²) in [6.07, 6.45) is 0. The zero-order chi connectivity index (χ0) is 19.8. The Morgan fingerprint density at radius 1 is 1.21 bits per heavy atom. The fraction of sp³-hybridized carbons (Fsp3) is 0.111. The molecule has 2 aromatic carbocycles. The number of hydrogen-bond acceptors (Lipinski definition) is 6. The van der Waals surface area contributed by atoms with Gasteiger partial charge in [-0.1, -0.05) is 39.4 Å². The molecule has 2 aromatic heterocycles. The molecule has 0 aliphatic carbocycles. The maximum Gasteiger partial charge on any atom is 0.259 e. The third-order valence-corrected chi connectivity index (χ3v) is 5.99. The number of ether oxygens (including phenoxy) is 1. The molecule has 28 heavy (non-hydrogen) atoms. The zero-order valence-electron chi connectivity index (χ0n) is 14.7. The summed E-state index contributed by atoms with van der Waals surface area (Å²) < 4.78 is 8.53. The first kappa shape index (κ1) is 19.0. The Labute approximate surface area is 181 Å². The predicted octanol–water partition coefficient (Wildman–Crippen LogP) is 4.95. The number of rotatable bonds is 4. The molecule has 1 amide bonds. The molecule has 0 fully saturated rings. The van der Waals surface area contributed by atoms with Gasteiger partial charge in [-0.05, 0) is 47.1 Å². The summed E-state index contributed by atoms with van der Waals surface area (Å²) in [6.45, 7) is 1.84. The van der Waals surface area contributed by atoms with E-state index in [0.717, 1.165) is 15.0 Å². The van der Waals surface area contributed by atoms with Crippen LogP contribution in [0.15, 0.2) is 45.3 Å². The van der Waals surface area contributed by atoms with Crippen LogP contribution in [0.25, 0.3) is 15.5 Å². The van der Waals surface area contributed by atoms with E-state index in [0.29, 0.717) is 32.3 Å². The molecule has 0 radical (unpaired) electrons. The molecule has 0 spiro atoms. The molecule has 4 rings (SSSR count). The molecule has 2 heterocycles. The van der Waals surface area contributed by atoms with Crippen molar-refractivity contribution in [1.82, 2.24) is 19.8 Å². The number of carbonyl (C=O) groups is 1. The Bertz CT molecular complexity index is 1200. The Kier molecular flexibility index (Phi) is 5.17. The first-order valence-electron chi connectivity index (χ1n) is 8.10. The number of amides is 1. The minimum Gasteiger partial charge on any atom is -0.495 e. The van der Waals surface area contributed by atoms with E-state index in [-0.39, 0.29) is 5.91 Å². The first-order valence-corrected chi connectivity index (χ1v) is 10.5. The van der Waals surface area contributed by atoms with E-state index in [1.54, 1.807) is 10.6 Å². The lowest BCUT2D eigenvalue weighted by Gasteiger charge is -2.13. The first-order chi connectivity index (χ1) is 13.5. The summed E-state index contributed by atoms with van der Waals surface area (Å²) in [5.41, 5.74) is 1.86. The third-order valence-electron chi connectivity index (χ3n) is 4.01. The summed E-state index contributed by atoms with van der Waals surface area (Å²) in [6, 6.07) is 11.0. The van der Waals surface area contributed by atoms with Crippen molar-refractivity contribution in [2.24, 2.45) is 0 Å². The Balaban J connectivity index is 1.73. The standard InChI is InChI=1S/C18H13Br2N5O2S/c1-9-22-23-18-25(9)24-17(28-18)11-5-3-4-6-14(11)21-16(26)12-7-10(19)8-13(20)15(12)27-2/h3-8H,1-2H3,(H,21,26). The van der Waals surface area contributed by atoms with Crippen LogP contribution in [0, 0.1) is 6.92 Å². The van der Waals surface area contributed by atoms with Crippen molar-refractivity contribution in [2.45, 2.75) is 6.92 Å².